The van der Waals surface area contributed by atoms with Crippen LogP contribution in [-0.4, -0.2) is 42.4 Å². The molecule has 0 aromatic carbocycles. The Kier molecular flexibility index (Phi) is 5.68. The molecule has 0 rings (SSSR count). The first-order chi connectivity index (χ1) is 7.22. The fourth-order valence-electron chi connectivity index (χ4n) is 0.763. The average molecular weight is 252 g/mol. The van der Waals surface area contributed by atoms with Crippen molar-refractivity contribution >= 4 is 22.1 Å². The number of hydrogen-bond donors (Lipinski definition) is 2. The van der Waals surface area contributed by atoms with Gasteiger partial charge in [0.15, 0.2) is 0 Å². The molecule has 2 N–H and O–H groups in total. The summed E-state index contributed by atoms with van der Waals surface area (Å²) in [6.07, 6.45) is -0.595. The fraction of sp³-hybridized carbons (Fsp3) is 0.500. The highest BCUT2D eigenvalue weighted by Gasteiger charge is 2.12. The summed E-state index contributed by atoms with van der Waals surface area (Å²) in [4.78, 5) is 21.2. The topological polar surface area (TPSA) is 118 Å². The molecule has 0 unspecified atom stereocenters. The van der Waals surface area contributed by atoms with E-state index in [0.717, 1.165) is 0 Å². The summed E-state index contributed by atoms with van der Waals surface area (Å²) >= 11 is 0. The van der Waals surface area contributed by atoms with E-state index in [9.17, 15) is 18.0 Å². The number of aliphatic carboxylic acids is 1. The minimum atomic E-state index is -4.07. The summed E-state index contributed by atoms with van der Waals surface area (Å²) in [5.74, 6) is -2.62. The first-order valence-electron chi connectivity index (χ1n) is 4.24. The molecule has 0 heterocycles. The molecule has 0 aliphatic carbocycles. The number of ether oxygens (including phenoxy) is 1. The van der Waals surface area contributed by atoms with E-state index in [4.69, 9.17) is 9.66 Å². The van der Waals surface area contributed by atoms with Crippen LogP contribution in [0.25, 0.3) is 0 Å². The molecular formula is C8H12O7S. The van der Waals surface area contributed by atoms with E-state index >= 15 is 0 Å². The Morgan fingerprint density at radius 2 is 1.88 bits per heavy atom. The second-order valence-electron chi connectivity index (χ2n) is 2.95. The first kappa shape index (κ1) is 14.6. The lowest BCUT2D eigenvalue weighted by Crippen LogP contribution is -2.13. The molecule has 0 fully saturated rings. The van der Waals surface area contributed by atoms with E-state index in [-0.39, 0.29) is 18.6 Å². The summed E-state index contributed by atoms with van der Waals surface area (Å²) in [5.41, 5.74) is -0.223. The zero-order valence-corrected chi connectivity index (χ0v) is 9.20. The van der Waals surface area contributed by atoms with Crippen LogP contribution in [0.4, 0.5) is 0 Å². The van der Waals surface area contributed by atoms with Crippen LogP contribution in [0.15, 0.2) is 12.2 Å². The lowest BCUT2D eigenvalue weighted by atomic mass is 10.2. The van der Waals surface area contributed by atoms with Gasteiger partial charge in [-0.2, -0.15) is 8.42 Å². The molecule has 0 aliphatic rings. The molecule has 0 radical (unpaired) electrons. The van der Waals surface area contributed by atoms with Gasteiger partial charge in [0.05, 0.1) is 18.8 Å². The normalized spacial score (nSPS) is 10.8. The maximum Gasteiger partial charge on any atom is 0.333 e. The predicted octanol–water partition coefficient (Wildman–Crippen LogP) is -0.162. The standard InChI is InChI=1S/C8H12O7S/c1-6(5-7(9)10)8(11)15-3-2-4-16(12,13)14/h1-5H2,(H,9,10)(H,12,13,14). The van der Waals surface area contributed by atoms with Crippen molar-refractivity contribution in [2.24, 2.45) is 0 Å². The van der Waals surface area contributed by atoms with Crippen molar-refractivity contribution in [3.63, 3.8) is 0 Å². The molecular weight excluding hydrogens is 240 g/mol. The Balaban J connectivity index is 3.82. The molecule has 0 saturated heterocycles. The third-order valence-electron chi connectivity index (χ3n) is 1.43. The van der Waals surface area contributed by atoms with E-state index < -0.39 is 34.2 Å². The second kappa shape index (κ2) is 6.23. The summed E-state index contributed by atoms with van der Waals surface area (Å²) in [6.45, 7) is 2.97. The van der Waals surface area contributed by atoms with Crippen LogP contribution in [0.1, 0.15) is 12.8 Å². The quantitative estimate of drug-likeness (QED) is 0.279. The van der Waals surface area contributed by atoms with Gasteiger partial charge in [-0.3, -0.25) is 9.35 Å². The van der Waals surface area contributed by atoms with Crippen molar-refractivity contribution in [2.75, 3.05) is 12.4 Å². The molecule has 0 aliphatic heterocycles. The van der Waals surface area contributed by atoms with Gasteiger partial charge in [-0.15, -0.1) is 0 Å². The monoisotopic (exact) mass is 252 g/mol. The van der Waals surface area contributed by atoms with Crippen LogP contribution in [0, 0.1) is 0 Å². The van der Waals surface area contributed by atoms with Gasteiger partial charge in [0.2, 0.25) is 0 Å². The second-order valence-corrected chi connectivity index (χ2v) is 4.52. The number of esters is 1. The van der Waals surface area contributed by atoms with Crippen molar-refractivity contribution in [3.05, 3.63) is 12.2 Å². The SMILES string of the molecule is C=C(CC(=O)O)C(=O)OCCCS(=O)(=O)O. The fourth-order valence-corrected chi connectivity index (χ4v) is 1.25. The van der Waals surface area contributed by atoms with Gasteiger partial charge in [-0.05, 0) is 6.42 Å². The Bertz CT molecular complexity index is 381. The highest BCUT2D eigenvalue weighted by atomic mass is 32.2. The lowest BCUT2D eigenvalue weighted by molar-refractivity contribution is -0.142. The van der Waals surface area contributed by atoms with Gasteiger partial charge in [-0.25, -0.2) is 4.79 Å². The number of carboxylic acid groups (broad SMARTS) is 1. The largest absolute Gasteiger partial charge is 0.481 e. The van der Waals surface area contributed by atoms with Gasteiger partial charge in [0.1, 0.15) is 0 Å². The number of rotatable bonds is 7. The molecule has 0 aromatic rings. The molecule has 0 atom stereocenters. The molecule has 0 amide bonds. The zero-order valence-electron chi connectivity index (χ0n) is 8.38. The average Bonchev–Trinajstić information content (AvgIpc) is 2.09. The van der Waals surface area contributed by atoms with Crippen LogP contribution < -0.4 is 0 Å². The number of hydrogen-bond acceptors (Lipinski definition) is 5. The molecule has 0 spiro atoms. The third kappa shape index (κ3) is 7.94. The van der Waals surface area contributed by atoms with E-state index in [1.807, 2.05) is 0 Å². The van der Waals surface area contributed by atoms with Gasteiger partial charge < -0.3 is 9.84 Å². The number of carbonyl (C=O) groups excluding carboxylic acids is 1. The van der Waals surface area contributed by atoms with E-state index in [1.165, 1.54) is 0 Å². The zero-order chi connectivity index (χ0) is 12.8. The van der Waals surface area contributed by atoms with E-state index in [0.29, 0.717) is 0 Å². The Morgan fingerprint density at radius 1 is 1.31 bits per heavy atom. The maximum atomic E-state index is 11.0. The Hall–Kier alpha value is -1.41. The predicted molar refractivity (Wildman–Crippen MR) is 53.4 cm³/mol. The van der Waals surface area contributed by atoms with Gasteiger partial charge >= 0.3 is 11.9 Å². The maximum absolute atomic E-state index is 11.0. The van der Waals surface area contributed by atoms with Crippen LogP contribution in [0.5, 0.6) is 0 Å². The molecule has 8 heteroatoms. The highest BCUT2D eigenvalue weighted by Crippen LogP contribution is 2.01. The molecule has 0 aromatic heterocycles. The summed E-state index contributed by atoms with van der Waals surface area (Å²) in [6, 6.07) is 0. The summed E-state index contributed by atoms with van der Waals surface area (Å²) in [5, 5.41) is 8.33. The van der Waals surface area contributed by atoms with Crippen LogP contribution in [-0.2, 0) is 24.4 Å². The van der Waals surface area contributed by atoms with Crippen LogP contribution in [0.2, 0.25) is 0 Å². The van der Waals surface area contributed by atoms with Crippen molar-refractivity contribution in [1.82, 2.24) is 0 Å². The number of carbonyl (C=O) groups is 2. The van der Waals surface area contributed by atoms with Crippen molar-refractivity contribution in [3.8, 4) is 0 Å². The van der Waals surface area contributed by atoms with Crippen molar-refractivity contribution in [2.45, 2.75) is 12.8 Å². The van der Waals surface area contributed by atoms with Crippen molar-refractivity contribution in [1.29, 1.82) is 0 Å². The van der Waals surface area contributed by atoms with Crippen molar-refractivity contribution < 1.29 is 32.4 Å². The Labute approximate surface area is 92.5 Å². The van der Waals surface area contributed by atoms with Crippen LogP contribution >= 0.6 is 0 Å². The lowest BCUT2D eigenvalue weighted by Gasteiger charge is -2.04. The molecule has 16 heavy (non-hydrogen) atoms. The van der Waals surface area contributed by atoms with Crippen LogP contribution in [0.3, 0.4) is 0 Å². The Morgan fingerprint density at radius 3 is 2.31 bits per heavy atom. The minimum absolute atomic E-state index is 0.0646. The smallest absolute Gasteiger partial charge is 0.333 e. The summed E-state index contributed by atoms with van der Waals surface area (Å²) < 4.78 is 33.4. The first-order valence-corrected chi connectivity index (χ1v) is 5.85. The summed E-state index contributed by atoms with van der Waals surface area (Å²) in [7, 11) is -4.07. The van der Waals surface area contributed by atoms with E-state index in [2.05, 4.69) is 11.3 Å². The molecule has 7 nitrogen and oxygen atoms in total. The highest BCUT2D eigenvalue weighted by molar-refractivity contribution is 7.85. The molecule has 0 bridgehead atoms. The number of carboxylic acids is 1. The van der Waals surface area contributed by atoms with E-state index in [1.54, 1.807) is 0 Å². The van der Waals surface area contributed by atoms with Gasteiger partial charge in [0, 0.05) is 5.57 Å². The third-order valence-corrected chi connectivity index (χ3v) is 2.24. The molecule has 0 saturated carbocycles. The molecule has 92 valence electrons. The van der Waals surface area contributed by atoms with Gasteiger partial charge in [0.25, 0.3) is 10.1 Å². The van der Waals surface area contributed by atoms with Gasteiger partial charge in [-0.1, -0.05) is 6.58 Å². The minimum Gasteiger partial charge on any atom is -0.481 e.